The van der Waals surface area contributed by atoms with Gasteiger partial charge in [-0.25, -0.2) is 0 Å². The summed E-state index contributed by atoms with van der Waals surface area (Å²) in [5.74, 6) is 0.755. The van der Waals surface area contributed by atoms with Crippen molar-refractivity contribution in [1.82, 2.24) is 4.98 Å². The molecular formula is C15H22BNO4. The van der Waals surface area contributed by atoms with Crippen molar-refractivity contribution in [2.24, 2.45) is 0 Å². The van der Waals surface area contributed by atoms with Crippen molar-refractivity contribution in [3.8, 4) is 5.75 Å². The fourth-order valence-electron chi connectivity index (χ4n) is 2.36. The van der Waals surface area contributed by atoms with Crippen molar-refractivity contribution in [2.45, 2.75) is 51.4 Å². The molecule has 21 heavy (non-hydrogen) atoms. The molecule has 1 aromatic rings. The van der Waals surface area contributed by atoms with Crippen molar-refractivity contribution < 1.29 is 18.8 Å². The van der Waals surface area contributed by atoms with Crippen molar-refractivity contribution >= 4 is 12.7 Å². The molecule has 5 nitrogen and oxygen atoms in total. The molecule has 2 aliphatic heterocycles. The Kier molecular flexibility index (Phi) is 3.72. The highest BCUT2D eigenvalue weighted by Gasteiger charge is 2.52. The third-order valence-corrected chi connectivity index (χ3v) is 4.44. The number of hydrogen-bond acceptors (Lipinski definition) is 5. The molecule has 1 aromatic heterocycles. The smallest absolute Gasteiger partial charge is 0.486 e. The first-order valence-corrected chi connectivity index (χ1v) is 7.43. The van der Waals surface area contributed by atoms with Gasteiger partial charge in [-0.2, -0.15) is 0 Å². The third-order valence-electron chi connectivity index (χ3n) is 4.44. The summed E-state index contributed by atoms with van der Waals surface area (Å²) in [6.45, 7) is 9.55. The summed E-state index contributed by atoms with van der Waals surface area (Å²) in [5.41, 5.74) is 0.0643. The Balaban J connectivity index is 1.67. The standard InChI is InChI=1S/C15H22BNO4/c1-14(2)15(3,4)21-16(20-14)13-6-5-11(9-17-13)19-12-7-8-18-10-12/h5-6,9,12H,7-8,10H2,1-4H3. The van der Waals surface area contributed by atoms with Crippen LogP contribution in [0.1, 0.15) is 34.1 Å². The van der Waals surface area contributed by atoms with Crippen LogP contribution in [-0.2, 0) is 14.0 Å². The van der Waals surface area contributed by atoms with Gasteiger partial charge in [0, 0.05) is 6.42 Å². The van der Waals surface area contributed by atoms with Crippen LogP contribution in [-0.4, -0.2) is 42.6 Å². The van der Waals surface area contributed by atoms with E-state index in [0.29, 0.717) is 6.61 Å². The first kappa shape index (κ1) is 14.8. The monoisotopic (exact) mass is 291 g/mol. The zero-order valence-electron chi connectivity index (χ0n) is 13.1. The van der Waals surface area contributed by atoms with Crippen LogP contribution < -0.4 is 10.3 Å². The predicted octanol–water partition coefficient (Wildman–Crippen LogP) is 1.55. The van der Waals surface area contributed by atoms with E-state index in [1.165, 1.54) is 0 Å². The van der Waals surface area contributed by atoms with Crippen LogP contribution in [0.25, 0.3) is 0 Å². The lowest BCUT2D eigenvalue weighted by atomic mass is 9.84. The molecule has 0 radical (unpaired) electrons. The van der Waals surface area contributed by atoms with E-state index in [4.69, 9.17) is 18.8 Å². The van der Waals surface area contributed by atoms with E-state index in [9.17, 15) is 0 Å². The van der Waals surface area contributed by atoms with Crippen molar-refractivity contribution in [3.63, 3.8) is 0 Å². The number of pyridine rings is 1. The molecule has 114 valence electrons. The van der Waals surface area contributed by atoms with E-state index in [1.807, 2.05) is 39.8 Å². The minimum atomic E-state index is -0.432. The minimum absolute atomic E-state index is 0.134. The van der Waals surface area contributed by atoms with E-state index in [-0.39, 0.29) is 17.3 Å². The molecule has 0 saturated carbocycles. The highest BCUT2D eigenvalue weighted by atomic mass is 16.7. The lowest BCUT2D eigenvalue weighted by molar-refractivity contribution is 0.00578. The van der Waals surface area contributed by atoms with Gasteiger partial charge in [-0.05, 0) is 39.8 Å². The topological polar surface area (TPSA) is 49.8 Å². The van der Waals surface area contributed by atoms with E-state index in [1.54, 1.807) is 6.20 Å². The number of nitrogens with zero attached hydrogens (tertiary/aromatic N) is 1. The van der Waals surface area contributed by atoms with Gasteiger partial charge in [0.1, 0.15) is 11.9 Å². The summed E-state index contributed by atoms with van der Waals surface area (Å²) in [7, 11) is -0.432. The fourth-order valence-corrected chi connectivity index (χ4v) is 2.36. The quantitative estimate of drug-likeness (QED) is 0.791. The molecule has 0 aromatic carbocycles. The maximum absolute atomic E-state index is 5.98. The molecule has 2 aliphatic rings. The Hall–Kier alpha value is -1.11. The lowest BCUT2D eigenvalue weighted by Crippen LogP contribution is -2.41. The molecular weight excluding hydrogens is 269 g/mol. The Morgan fingerprint density at radius 2 is 1.90 bits per heavy atom. The summed E-state index contributed by atoms with van der Waals surface area (Å²) in [4.78, 5) is 4.42. The van der Waals surface area contributed by atoms with E-state index in [0.717, 1.165) is 24.4 Å². The van der Waals surface area contributed by atoms with Crippen molar-refractivity contribution in [1.29, 1.82) is 0 Å². The maximum Gasteiger partial charge on any atom is 0.514 e. The summed E-state index contributed by atoms with van der Waals surface area (Å²) < 4.78 is 23.1. The van der Waals surface area contributed by atoms with E-state index in [2.05, 4.69) is 4.98 Å². The molecule has 2 fully saturated rings. The molecule has 0 aliphatic carbocycles. The van der Waals surface area contributed by atoms with Gasteiger partial charge in [0.05, 0.1) is 36.2 Å². The second-order valence-corrected chi connectivity index (χ2v) is 6.61. The Bertz CT molecular complexity index is 481. The van der Waals surface area contributed by atoms with Gasteiger partial charge in [-0.1, -0.05) is 0 Å². The Labute approximate surface area is 126 Å². The average Bonchev–Trinajstić information content (AvgIpc) is 2.97. The van der Waals surface area contributed by atoms with Gasteiger partial charge < -0.3 is 18.8 Å². The summed E-state index contributed by atoms with van der Waals surface area (Å²) >= 11 is 0. The van der Waals surface area contributed by atoms with Crippen LogP contribution in [0.5, 0.6) is 5.75 Å². The Morgan fingerprint density at radius 3 is 2.43 bits per heavy atom. The van der Waals surface area contributed by atoms with Crippen LogP contribution in [0.4, 0.5) is 0 Å². The predicted molar refractivity (Wildman–Crippen MR) is 79.8 cm³/mol. The van der Waals surface area contributed by atoms with Crippen molar-refractivity contribution in [3.05, 3.63) is 18.3 Å². The fraction of sp³-hybridized carbons (Fsp3) is 0.667. The Morgan fingerprint density at radius 1 is 1.19 bits per heavy atom. The largest absolute Gasteiger partial charge is 0.514 e. The van der Waals surface area contributed by atoms with Gasteiger partial charge in [-0.15, -0.1) is 0 Å². The molecule has 0 amide bonds. The zero-order valence-corrected chi connectivity index (χ0v) is 13.1. The third kappa shape index (κ3) is 2.93. The highest BCUT2D eigenvalue weighted by Crippen LogP contribution is 2.36. The average molecular weight is 291 g/mol. The van der Waals surface area contributed by atoms with Gasteiger partial charge in [0.2, 0.25) is 0 Å². The molecule has 3 rings (SSSR count). The molecule has 6 heteroatoms. The molecule has 0 spiro atoms. The van der Waals surface area contributed by atoms with Gasteiger partial charge in [-0.3, -0.25) is 4.98 Å². The second kappa shape index (κ2) is 5.27. The first-order valence-electron chi connectivity index (χ1n) is 7.43. The van der Waals surface area contributed by atoms with Crippen LogP contribution in [0.15, 0.2) is 18.3 Å². The number of hydrogen-bond donors (Lipinski definition) is 0. The number of aromatic nitrogens is 1. The van der Waals surface area contributed by atoms with E-state index >= 15 is 0 Å². The molecule has 2 saturated heterocycles. The summed E-state index contributed by atoms with van der Waals surface area (Å²) in [6, 6.07) is 3.80. The normalized spacial score (nSPS) is 27.0. The summed E-state index contributed by atoms with van der Waals surface area (Å²) in [5, 5.41) is 0. The molecule has 0 bridgehead atoms. The summed E-state index contributed by atoms with van der Waals surface area (Å²) in [6.07, 6.45) is 2.78. The number of ether oxygens (including phenoxy) is 2. The maximum atomic E-state index is 5.98. The lowest BCUT2D eigenvalue weighted by Gasteiger charge is -2.32. The van der Waals surface area contributed by atoms with Crippen LogP contribution >= 0.6 is 0 Å². The van der Waals surface area contributed by atoms with Crippen LogP contribution in [0.3, 0.4) is 0 Å². The highest BCUT2D eigenvalue weighted by molar-refractivity contribution is 6.61. The van der Waals surface area contributed by atoms with Crippen molar-refractivity contribution in [2.75, 3.05) is 13.2 Å². The second-order valence-electron chi connectivity index (χ2n) is 6.61. The molecule has 1 unspecified atom stereocenters. The SMILES string of the molecule is CC1(C)OB(c2ccc(OC3CCOC3)cn2)OC1(C)C. The first-order chi connectivity index (χ1) is 9.87. The van der Waals surface area contributed by atoms with Crippen LogP contribution in [0.2, 0.25) is 0 Å². The van der Waals surface area contributed by atoms with Crippen LogP contribution in [0, 0.1) is 0 Å². The van der Waals surface area contributed by atoms with E-state index < -0.39 is 7.12 Å². The molecule has 3 heterocycles. The number of rotatable bonds is 3. The van der Waals surface area contributed by atoms with Gasteiger partial charge >= 0.3 is 7.12 Å². The van der Waals surface area contributed by atoms with Gasteiger partial charge in [0.15, 0.2) is 0 Å². The zero-order chi connectivity index (χ0) is 15.1. The molecule has 0 N–H and O–H groups in total. The minimum Gasteiger partial charge on any atom is -0.486 e. The molecule has 1 atom stereocenters. The van der Waals surface area contributed by atoms with Gasteiger partial charge in [0.25, 0.3) is 0 Å².